The van der Waals surface area contributed by atoms with Gasteiger partial charge < -0.3 is 5.32 Å². The number of nitrogens with zero attached hydrogens (tertiary/aromatic N) is 3. The van der Waals surface area contributed by atoms with Gasteiger partial charge in [0.05, 0.1) is 12.2 Å². The van der Waals surface area contributed by atoms with E-state index >= 15 is 0 Å². The van der Waals surface area contributed by atoms with Crippen molar-refractivity contribution in [2.24, 2.45) is 0 Å². The van der Waals surface area contributed by atoms with Crippen LogP contribution in [0.4, 0.5) is 9.93 Å². The lowest BCUT2D eigenvalue weighted by atomic mass is 10.1. The average molecular weight is 342 g/mol. The van der Waals surface area contributed by atoms with Gasteiger partial charge in [-0.25, -0.2) is 4.79 Å². The van der Waals surface area contributed by atoms with Gasteiger partial charge in [-0.15, -0.1) is 10.2 Å². The van der Waals surface area contributed by atoms with Crippen LogP contribution in [0.5, 0.6) is 0 Å². The molecule has 7 nitrogen and oxygen atoms in total. The van der Waals surface area contributed by atoms with Gasteiger partial charge in [0.15, 0.2) is 0 Å². The second kappa shape index (κ2) is 7.69. The van der Waals surface area contributed by atoms with E-state index in [1.807, 2.05) is 31.2 Å². The van der Waals surface area contributed by atoms with E-state index in [4.69, 9.17) is 0 Å². The van der Waals surface area contributed by atoms with E-state index < -0.39 is 0 Å². The summed E-state index contributed by atoms with van der Waals surface area (Å²) >= 11 is 1.39. The quantitative estimate of drug-likeness (QED) is 0.642. The Labute approximate surface area is 143 Å². The van der Waals surface area contributed by atoms with Crippen molar-refractivity contribution in [1.29, 1.82) is 0 Å². The van der Waals surface area contributed by atoms with Crippen molar-refractivity contribution in [3.05, 3.63) is 58.4 Å². The molecule has 1 aromatic carbocycles. The average Bonchev–Trinajstić information content (AvgIpc) is 3.21. The second-order valence-electron chi connectivity index (χ2n) is 5.34. The number of hydrogen-bond donors (Lipinski definition) is 3. The maximum absolute atomic E-state index is 11.9. The molecule has 3 N–H and O–H groups in total. The fourth-order valence-corrected chi connectivity index (χ4v) is 2.91. The second-order valence-corrected chi connectivity index (χ2v) is 6.40. The van der Waals surface area contributed by atoms with Crippen molar-refractivity contribution in [3.63, 3.8) is 0 Å². The van der Waals surface area contributed by atoms with Gasteiger partial charge in [0.1, 0.15) is 5.01 Å². The molecule has 0 radical (unpaired) electrons. The fourth-order valence-electron chi connectivity index (χ4n) is 2.18. The Morgan fingerprint density at radius 3 is 2.79 bits per heavy atom. The van der Waals surface area contributed by atoms with Crippen LogP contribution in [-0.4, -0.2) is 26.4 Å². The van der Waals surface area contributed by atoms with Gasteiger partial charge in [0.2, 0.25) is 5.13 Å². The van der Waals surface area contributed by atoms with Crippen LogP contribution in [0, 0.1) is 6.92 Å². The molecular formula is C16H18N6OS. The number of amides is 2. The van der Waals surface area contributed by atoms with Crippen molar-refractivity contribution in [1.82, 2.24) is 25.7 Å². The molecule has 2 aromatic heterocycles. The zero-order chi connectivity index (χ0) is 16.8. The standard InChI is InChI=1S/C16H18N6OS/c1-11-9-13(20-19-11)10-17-15(23)18-16-22-21-14(24-16)8-7-12-5-3-2-4-6-12/h2-6,9H,7-8,10H2,1H3,(H,19,20)(H2,17,18,22,23). The number of carbonyl (C=O) groups excluding carboxylic acids is 1. The first kappa shape index (κ1) is 16.1. The smallest absolute Gasteiger partial charge is 0.321 e. The summed E-state index contributed by atoms with van der Waals surface area (Å²) in [5.41, 5.74) is 3.00. The van der Waals surface area contributed by atoms with E-state index in [0.29, 0.717) is 11.7 Å². The molecule has 0 fully saturated rings. The van der Waals surface area contributed by atoms with Gasteiger partial charge >= 0.3 is 6.03 Å². The van der Waals surface area contributed by atoms with Crippen molar-refractivity contribution in [2.75, 3.05) is 5.32 Å². The zero-order valence-corrected chi connectivity index (χ0v) is 14.1. The largest absolute Gasteiger partial charge is 0.332 e. The lowest BCUT2D eigenvalue weighted by Gasteiger charge is -2.02. The summed E-state index contributed by atoms with van der Waals surface area (Å²) in [5, 5.41) is 21.8. The summed E-state index contributed by atoms with van der Waals surface area (Å²) in [6.45, 7) is 2.27. The van der Waals surface area contributed by atoms with Crippen LogP contribution in [0.1, 0.15) is 22.0 Å². The molecule has 0 saturated carbocycles. The monoisotopic (exact) mass is 342 g/mol. The Kier molecular flexibility index (Phi) is 5.17. The third-order valence-corrected chi connectivity index (χ3v) is 4.25. The number of hydrogen-bond acceptors (Lipinski definition) is 5. The summed E-state index contributed by atoms with van der Waals surface area (Å²) in [6.07, 6.45) is 1.71. The topological polar surface area (TPSA) is 95.6 Å². The van der Waals surface area contributed by atoms with Gasteiger partial charge in [-0.3, -0.25) is 10.4 Å². The molecule has 2 heterocycles. The van der Waals surface area contributed by atoms with E-state index in [-0.39, 0.29) is 6.03 Å². The van der Waals surface area contributed by atoms with Crippen LogP contribution in [-0.2, 0) is 19.4 Å². The maximum Gasteiger partial charge on any atom is 0.321 e. The molecule has 0 unspecified atom stereocenters. The van der Waals surface area contributed by atoms with Gasteiger partial charge in [0.25, 0.3) is 0 Å². The molecule has 3 rings (SSSR count). The number of benzene rings is 1. The SMILES string of the molecule is Cc1cc(CNC(=O)Nc2nnc(CCc3ccccc3)s2)n[nH]1. The van der Waals surface area contributed by atoms with Crippen molar-refractivity contribution >= 4 is 22.5 Å². The normalized spacial score (nSPS) is 10.5. The number of H-pyrrole nitrogens is 1. The number of nitrogens with one attached hydrogen (secondary N) is 3. The maximum atomic E-state index is 11.9. The Hall–Kier alpha value is -2.74. The van der Waals surface area contributed by atoms with Gasteiger partial charge in [-0.1, -0.05) is 41.7 Å². The molecule has 2 amide bonds. The lowest BCUT2D eigenvalue weighted by molar-refractivity contribution is 0.251. The first-order valence-electron chi connectivity index (χ1n) is 7.61. The molecule has 24 heavy (non-hydrogen) atoms. The van der Waals surface area contributed by atoms with Gasteiger partial charge in [-0.05, 0) is 25.0 Å². The third kappa shape index (κ3) is 4.63. The van der Waals surface area contributed by atoms with Crippen LogP contribution >= 0.6 is 11.3 Å². The highest BCUT2D eigenvalue weighted by Crippen LogP contribution is 2.17. The van der Waals surface area contributed by atoms with E-state index in [2.05, 4.69) is 43.2 Å². The minimum Gasteiger partial charge on any atom is -0.332 e. The molecular weight excluding hydrogens is 324 g/mol. The Morgan fingerprint density at radius 1 is 1.21 bits per heavy atom. The Morgan fingerprint density at radius 2 is 2.04 bits per heavy atom. The minimum absolute atomic E-state index is 0.318. The van der Waals surface area contributed by atoms with Gasteiger partial charge in [0, 0.05) is 12.1 Å². The molecule has 0 bridgehead atoms. The molecule has 0 spiro atoms. The first-order valence-corrected chi connectivity index (χ1v) is 8.43. The van der Waals surface area contributed by atoms with Crippen LogP contribution in [0.25, 0.3) is 0 Å². The number of urea groups is 1. The highest BCUT2D eigenvalue weighted by Gasteiger charge is 2.08. The Bertz CT molecular complexity index is 798. The first-order chi connectivity index (χ1) is 11.7. The summed E-state index contributed by atoms with van der Waals surface area (Å²) < 4.78 is 0. The van der Waals surface area contributed by atoms with Crippen LogP contribution in [0.2, 0.25) is 0 Å². The van der Waals surface area contributed by atoms with Gasteiger partial charge in [-0.2, -0.15) is 5.10 Å². The van der Waals surface area contributed by atoms with E-state index in [1.54, 1.807) is 0 Å². The predicted octanol–water partition coefficient (Wildman–Crippen LogP) is 2.68. The van der Waals surface area contributed by atoms with Crippen molar-refractivity contribution in [2.45, 2.75) is 26.3 Å². The molecule has 0 aliphatic rings. The number of aryl methyl sites for hydroxylation is 3. The number of carbonyl (C=O) groups is 1. The molecule has 124 valence electrons. The van der Waals surface area contributed by atoms with E-state index in [1.165, 1.54) is 16.9 Å². The van der Waals surface area contributed by atoms with Crippen molar-refractivity contribution in [3.8, 4) is 0 Å². The molecule has 0 atom stereocenters. The molecule has 0 saturated heterocycles. The predicted molar refractivity (Wildman–Crippen MR) is 92.9 cm³/mol. The molecule has 0 aliphatic heterocycles. The summed E-state index contributed by atoms with van der Waals surface area (Å²) in [7, 11) is 0. The van der Waals surface area contributed by atoms with Crippen LogP contribution in [0.15, 0.2) is 36.4 Å². The number of aromatic nitrogens is 4. The Balaban J connectivity index is 1.45. The summed E-state index contributed by atoms with van der Waals surface area (Å²) in [6, 6.07) is 11.8. The minimum atomic E-state index is -0.318. The zero-order valence-electron chi connectivity index (χ0n) is 13.2. The summed E-state index contributed by atoms with van der Waals surface area (Å²) in [4.78, 5) is 11.9. The van der Waals surface area contributed by atoms with E-state index in [9.17, 15) is 4.79 Å². The number of aromatic amines is 1. The fraction of sp³-hybridized carbons (Fsp3) is 0.250. The third-order valence-electron chi connectivity index (χ3n) is 3.35. The van der Waals surface area contributed by atoms with Crippen molar-refractivity contribution < 1.29 is 4.79 Å². The van der Waals surface area contributed by atoms with E-state index in [0.717, 1.165) is 29.2 Å². The highest BCUT2D eigenvalue weighted by molar-refractivity contribution is 7.15. The summed E-state index contributed by atoms with van der Waals surface area (Å²) in [5.74, 6) is 0. The van der Waals surface area contributed by atoms with Crippen LogP contribution < -0.4 is 10.6 Å². The lowest BCUT2D eigenvalue weighted by Crippen LogP contribution is -2.28. The number of rotatable bonds is 6. The molecule has 0 aliphatic carbocycles. The van der Waals surface area contributed by atoms with Crippen LogP contribution in [0.3, 0.4) is 0 Å². The molecule has 3 aromatic rings. The number of anilines is 1. The highest BCUT2D eigenvalue weighted by atomic mass is 32.1. The molecule has 8 heteroatoms.